The van der Waals surface area contributed by atoms with E-state index in [9.17, 15) is 4.79 Å². The molecule has 0 radical (unpaired) electrons. The number of carbonyl (C=O) groups is 1. The van der Waals surface area contributed by atoms with Crippen LogP contribution in [0.3, 0.4) is 0 Å². The lowest BCUT2D eigenvalue weighted by Gasteiger charge is -2.15. The van der Waals surface area contributed by atoms with Gasteiger partial charge in [0, 0.05) is 26.9 Å². The van der Waals surface area contributed by atoms with Crippen molar-refractivity contribution < 1.29 is 19.0 Å². The van der Waals surface area contributed by atoms with Gasteiger partial charge in [-0.25, -0.2) is 0 Å². The van der Waals surface area contributed by atoms with Crippen molar-refractivity contribution in [2.45, 2.75) is 13.5 Å². The van der Waals surface area contributed by atoms with E-state index in [1.165, 1.54) is 0 Å². The molecular weight excluding hydrogens is 425 g/mol. The largest absolute Gasteiger partial charge is 0.493 e. The molecule has 3 aromatic rings. The Balaban J connectivity index is 1.81. The monoisotopic (exact) mass is 445 g/mol. The molecule has 0 heterocycles. The molecule has 156 valence electrons. The Morgan fingerprint density at radius 3 is 2.27 bits per heavy atom. The van der Waals surface area contributed by atoms with Crippen molar-refractivity contribution in [1.82, 2.24) is 0 Å². The number of carbonyl (C=O) groups excluding carboxylic acids is 1. The van der Waals surface area contributed by atoms with Crippen molar-refractivity contribution in [3.8, 4) is 17.2 Å². The van der Waals surface area contributed by atoms with E-state index in [4.69, 9.17) is 37.4 Å². The van der Waals surface area contributed by atoms with Gasteiger partial charge in [-0.05, 0) is 55.5 Å². The number of amides is 1. The second kappa shape index (κ2) is 10.2. The molecule has 3 aromatic carbocycles. The van der Waals surface area contributed by atoms with Gasteiger partial charge in [0.15, 0.2) is 11.5 Å². The van der Waals surface area contributed by atoms with Crippen LogP contribution in [0, 0.1) is 0 Å². The summed E-state index contributed by atoms with van der Waals surface area (Å²) in [4.78, 5) is 12.7. The van der Waals surface area contributed by atoms with Crippen molar-refractivity contribution in [1.29, 1.82) is 0 Å². The number of hydrogen-bond donors (Lipinski definition) is 1. The number of para-hydroxylation sites is 2. The van der Waals surface area contributed by atoms with E-state index < -0.39 is 0 Å². The first-order chi connectivity index (χ1) is 14.5. The highest BCUT2D eigenvalue weighted by atomic mass is 35.5. The number of hydrogen-bond acceptors (Lipinski definition) is 4. The second-order valence-corrected chi connectivity index (χ2v) is 7.18. The van der Waals surface area contributed by atoms with E-state index in [0.29, 0.717) is 45.2 Å². The maximum Gasteiger partial charge on any atom is 0.255 e. The smallest absolute Gasteiger partial charge is 0.255 e. The molecule has 0 saturated heterocycles. The lowest BCUT2D eigenvalue weighted by molar-refractivity contribution is 0.102. The zero-order valence-corrected chi connectivity index (χ0v) is 18.1. The number of ether oxygens (including phenoxy) is 3. The Kier molecular flexibility index (Phi) is 7.44. The molecule has 1 amide bonds. The Bertz CT molecular complexity index is 1020. The molecule has 0 aromatic heterocycles. The Labute approximate surface area is 185 Å². The molecule has 0 fully saturated rings. The third kappa shape index (κ3) is 5.59. The van der Waals surface area contributed by atoms with Crippen molar-refractivity contribution in [3.05, 3.63) is 81.8 Å². The van der Waals surface area contributed by atoms with Gasteiger partial charge in [0.1, 0.15) is 12.4 Å². The van der Waals surface area contributed by atoms with Gasteiger partial charge in [-0.3, -0.25) is 4.79 Å². The summed E-state index contributed by atoms with van der Waals surface area (Å²) in [5.41, 5.74) is 1.70. The lowest BCUT2D eigenvalue weighted by atomic mass is 10.1. The average molecular weight is 446 g/mol. The van der Waals surface area contributed by atoms with Crippen LogP contribution < -0.4 is 19.5 Å². The molecule has 0 spiro atoms. The highest BCUT2D eigenvalue weighted by molar-refractivity contribution is 6.35. The molecule has 0 atom stereocenters. The summed E-state index contributed by atoms with van der Waals surface area (Å²) in [5.74, 6) is 1.58. The van der Waals surface area contributed by atoms with Crippen LogP contribution in [0.4, 0.5) is 5.69 Å². The van der Waals surface area contributed by atoms with Crippen molar-refractivity contribution in [3.63, 3.8) is 0 Å². The van der Waals surface area contributed by atoms with E-state index in [0.717, 1.165) is 5.56 Å². The number of methoxy groups -OCH3 is 1. The third-order valence-corrected chi connectivity index (χ3v) is 4.63. The fraction of sp³-hybridized carbons (Fsp3) is 0.174. The SMILES string of the molecule is CCOc1ccc(C(=O)Nc2cc(Cl)cc(Cl)c2)cc1COc1ccccc1OC. The summed E-state index contributed by atoms with van der Waals surface area (Å²) in [6, 6.07) is 17.4. The van der Waals surface area contributed by atoms with E-state index in [1.54, 1.807) is 43.5 Å². The molecule has 5 nitrogen and oxygen atoms in total. The van der Waals surface area contributed by atoms with Crippen molar-refractivity contribution in [2.24, 2.45) is 0 Å². The van der Waals surface area contributed by atoms with Crippen molar-refractivity contribution in [2.75, 3.05) is 19.0 Å². The standard InChI is InChI=1S/C23H21Cl2NO4/c1-3-29-20-9-8-15(23(27)26-19-12-17(24)11-18(25)13-19)10-16(20)14-30-22-7-5-4-6-21(22)28-2/h4-13H,3,14H2,1-2H3,(H,26,27). The van der Waals surface area contributed by atoms with Crippen LogP contribution in [-0.2, 0) is 6.61 Å². The summed E-state index contributed by atoms with van der Waals surface area (Å²) in [6.07, 6.45) is 0. The molecule has 3 rings (SSSR count). The number of halogens is 2. The molecule has 0 aliphatic heterocycles. The second-order valence-electron chi connectivity index (χ2n) is 6.31. The van der Waals surface area contributed by atoms with Crippen LogP contribution in [0.2, 0.25) is 10.0 Å². The predicted molar refractivity (Wildman–Crippen MR) is 119 cm³/mol. The maximum absolute atomic E-state index is 12.7. The van der Waals surface area contributed by atoms with Gasteiger partial charge in [0.2, 0.25) is 0 Å². The van der Waals surface area contributed by atoms with Gasteiger partial charge in [0.25, 0.3) is 5.91 Å². The number of anilines is 1. The summed E-state index contributed by atoms with van der Waals surface area (Å²) >= 11 is 12.0. The minimum Gasteiger partial charge on any atom is -0.493 e. The summed E-state index contributed by atoms with van der Waals surface area (Å²) < 4.78 is 16.9. The first-order valence-electron chi connectivity index (χ1n) is 9.29. The van der Waals surface area contributed by atoms with Gasteiger partial charge >= 0.3 is 0 Å². The number of nitrogens with one attached hydrogen (secondary N) is 1. The predicted octanol–water partition coefficient (Wildman–Crippen LogP) is 6.23. The van der Waals surface area contributed by atoms with Gasteiger partial charge in [0.05, 0.1) is 13.7 Å². The summed E-state index contributed by atoms with van der Waals surface area (Å²) in [5, 5.41) is 3.68. The first-order valence-corrected chi connectivity index (χ1v) is 10.0. The van der Waals surface area contributed by atoms with E-state index >= 15 is 0 Å². The van der Waals surface area contributed by atoms with Crippen LogP contribution in [-0.4, -0.2) is 19.6 Å². The minimum atomic E-state index is -0.296. The highest BCUT2D eigenvalue weighted by Gasteiger charge is 2.13. The van der Waals surface area contributed by atoms with Gasteiger partial charge in [-0.2, -0.15) is 0 Å². The molecule has 0 saturated carbocycles. The summed E-state index contributed by atoms with van der Waals surface area (Å²) in [7, 11) is 1.58. The third-order valence-electron chi connectivity index (χ3n) is 4.20. The molecule has 7 heteroatoms. The van der Waals surface area contributed by atoms with Crippen LogP contribution in [0.1, 0.15) is 22.8 Å². The van der Waals surface area contributed by atoms with Gasteiger partial charge in [-0.1, -0.05) is 35.3 Å². The topological polar surface area (TPSA) is 56.8 Å². The van der Waals surface area contributed by atoms with Gasteiger partial charge in [-0.15, -0.1) is 0 Å². The molecule has 1 N–H and O–H groups in total. The van der Waals surface area contributed by atoms with E-state index in [1.807, 2.05) is 31.2 Å². The highest BCUT2D eigenvalue weighted by Crippen LogP contribution is 2.29. The molecular formula is C23H21Cl2NO4. The molecule has 0 unspecified atom stereocenters. The Morgan fingerprint density at radius 2 is 1.60 bits per heavy atom. The Hall–Kier alpha value is -2.89. The minimum absolute atomic E-state index is 0.208. The molecule has 0 aliphatic carbocycles. The lowest BCUT2D eigenvalue weighted by Crippen LogP contribution is -2.13. The fourth-order valence-electron chi connectivity index (χ4n) is 2.85. The van der Waals surface area contributed by atoms with Crippen molar-refractivity contribution >= 4 is 34.8 Å². The fourth-order valence-corrected chi connectivity index (χ4v) is 3.38. The average Bonchev–Trinajstić information content (AvgIpc) is 2.72. The number of benzene rings is 3. The molecule has 30 heavy (non-hydrogen) atoms. The zero-order valence-electron chi connectivity index (χ0n) is 16.6. The van der Waals surface area contributed by atoms with Crippen LogP contribution >= 0.6 is 23.2 Å². The van der Waals surface area contributed by atoms with Crippen LogP contribution in [0.5, 0.6) is 17.2 Å². The normalized spacial score (nSPS) is 10.4. The van der Waals surface area contributed by atoms with Crippen LogP contribution in [0.25, 0.3) is 0 Å². The first kappa shape index (κ1) is 21.8. The van der Waals surface area contributed by atoms with Gasteiger partial charge < -0.3 is 19.5 Å². The van der Waals surface area contributed by atoms with Crippen LogP contribution in [0.15, 0.2) is 60.7 Å². The quantitative estimate of drug-likeness (QED) is 0.446. The molecule has 0 bridgehead atoms. The molecule has 0 aliphatic rings. The summed E-state index contributed by atoms with van der Waals surface area (Å²) in [6.45, 7) is 2.60. The van der Waals surface area contributed by atoms with E-state index in [-0.39, 0.29) is 12.5 Å². The zero-order chi connectivity index (χ0) is 21.5. The maximum atomic E-state index is 12.7. The Morgan fingerprint density at radius 1 is 0.900 bits per heavy atom. The number of rotatable bonds is 8. The van der Waals surface area contributed by atoms with E-state index in [2.05, 4.69) is 5.32 Å².